The van der Waals surface area contributed by atoms with Crippen LogP contribution in [0, 0.1) is 11.8 Å². The van der Waals surface area contributed by atoms with Gasteiger partial charge in [-0.3, -0.25) is 4.90 Å². The van der Waals surface area contributed by atoms with Crippen molar-refractivity contribution in [1.29, 1.82) is 0 Å². The molecule has 0 bridgehead atoms. The molecule has 7 nitrogen and oxygen atoms in total. The summed E-state index contributed by atoms with van der Waals surface area (Å²) in [6, 6.07) is -1.15. The number of sulfonamides is 1. The zero-order valence-corrected chi connectivity index (χ0v) is 16.5. The van der Waals surface area contributed by atoms with E-state index in [1.54, 1.807) is 6.92 Å². The first-order chi connectivity index (χ1) is 11.6. The van der Waals surface area contributed by atoms with Crippen molar-refractivity contribution in [2.45, 2.75) is 77.1 Å². The monoisotopic (exact) mass is 376 g/mol. The lowest BCUT2D eigenvalue weighted by molar-refractivity contribution is -0.0147. The first-order valence-corrected chi connectivity index (χ1v) is 11.1. The van der Waals surface area contributed by atoms with E-state index in [0.29, 0.717) is 12.3 Å². The molecule has 0 spiro atoms. The second kappa shape index (κ2) is 8.22. The third-order valence-electron chi connectivity index (χ3n) is 5.64. The summed E-state index contributed by atoms with van der Waals surface area (Å²) in [5.74, 6) is 1.42. The Kier molecular flexibility index (Phi) is 6.73. The van der Waals surface area contributed by atoms with E-state index in [4.69, 9.17) is 4.74 Å². The van der Waals surface area contributed by atoms with Crippen LogP contribution in [0.5, 0.6) is 0 Å². The summed E-state index contributed by atoms with van der Waals surface area (Å²) in [6.07, 6.45) is 4.93. The van der Waals surface area contributed by atoms with Crippen molar-refractivity contribution >= 4 is 16.1 Å². The van der Waals surface area contributed by atoms with Gasteiger partial charge in [0.2, 0.25) is 10.0 Å². The van der Waals surface area contributed by atoms with Gasteiger partial charge in [-0.25, -0.2) is 17.9 Å². The summed E-state index contributed by atoms with van der Waals surface area (Å²) in [7, 11) is -3.40. The van der Waals surface area contributed by atoms with Crippen LogP contribution in [0.4, 0.5) is 4.79 Å². The Morgan fingerprint density at radius 1 is 1.28 bits per heavy atom. The van der Waals surface area contributed by atoms with E-state index < -0.39 is 28.2 Å². The van der Waals surface area contributed by atoms with E-state index in [1.165, 1.54) is 4.90 Å². The maximum absolute atomic E-state index is 11.6. The smallest absolute Gasteiger partial charge is 0.407 e. The third-order valence-corrected chi connectivity index (χ3v) is 6.37. The van der Waals surface area contributed by atoms with Crippen LogP contribution in [0.2, 0.25) is 0 Å². The highest BCUT2D eigenvalue weighted by molar-refractivity contribution is 7.88. The number of nitrogens with one attached hydrogen (secondary N) is 1. The van der Waals surface area contributed by atoms with E-state index in [-0.39, 0.29) is 18.8 Å². The van der Waals surface area contributed by atoms with Crippen LogP contribution in [-0.2, 0) is 14.8 Å². The first-order valence-electron chi connectivity index (χ1n) is 9.18. The van der Waals surface area contributed by atoms with Crippen LogP contribution in [0.3, 0.4) is 0 Å². The molecule has 146 valence electrons. The van der Waals surface area contributed by atoms with Gasteiger partial charge in [0.1, 0.15) is 0 Å². The molecule has 0 aromatic rings. The molecule has 0 aromatic carbocycles. The fraction of sp³-hybridized carbons (Fsp3) is 0.941. The van der Waals surface area contributed by atoms with Crippen LogP contribution in [0.1, 0.15) is 52.9 Å². The van der Waals surface area contributed by atoms with Gasteiger partial charge >= 0.3 is 6.09 Å². The first kappa shape index (κ1) is 20.5. The van der Waals surface area contributed by atoms with Crippen molar-refractivity contribution in [3.8, 4) is 0 Å². The number of hydrogen-bond donors (Lipinski definition) is 2. The molecular weight excluding hydrogens is 344 g/mol. The fourth-order valence-corrected chi connectivity index (χ4v) is 5.05. The molecule has 1 saturated carbocycles. The molecular formula is C17H32N2O5S. The average molecular weight is 377 g/mol. The van der Waals surface area contributed by atoms with E-state index in [9.17, 15) is 18.3 Å². The van der Waals surface area contributed by atoms with E-state index in [1.807, 2.05) is 0 Å². The number of carbonyl (C=O) groups is 1. The number of ether oxygens (including phenoxy) is 1. The molecule has 0 aromatic heterocycles. The second-order valence-electron chi connectivity index (χ2n) is 7.95. The van der Waals surface area contributed by atoms with Crippen molar-refractivity contribution in [2.24, 2.45) is 11.8 Å². The largest absolute Gasteiger partial charge is 0.465 e. The van der Waals surface area contributed by atoms with Crippen LogP contribution in [-0.4, -0.2) is 61.6 Å². The van der Waals surface area contributed by atoms with Gasteiger partial charge < -0.3 is 9.84 Å². The van der Waals surface area contributed by atoms with Crippen LogP contribution < -0.4 is 4.72 Å². The molecule has 0 radical (unpaired) electrons. The summed E-state index contributed by atoms with van der Waals surface area (Å²) in [4.78, 5) is 12.9. The van der Waals surface area contributed by atoms with Gasteiger partial charge in [-0.05, 0) is 50.9 Å². The molecule has 3 atom stereocenters. The lowest BCUT2D eigenvalue weighted by Crippen LogP contribution is -2.50. The van der Waals surface area contributed by atoms with Gasteiger partial charge in [-0.2, -0.15) is 0 Å². The normalized spacial score (nSPS) is 33.8. The minimum Gasteiger partial charge on any atom is -0.465 e. The molecule has 1 aliphatic heterocycles. The van der Waals surface area contributed by atoms with Crippen molar-refractivity contribution in [3.63, 3.8) is 0 Å². The zero-order valence-electron chi connectivity index (χ0n) is 15.6. The molecule has 2 rings (SSSR count). The molecule has 2 N–H and O–H groups in total. The van der Waals surface area contributed by atoms with Crippen LogP contribution in [0.25, 0.3) is 0 Å². The van der Waals surface area contributed by atoms with E-state index in [0.717, 1.165) is 37.9 Å². The third kappa shape index (κ3) is 5.56. The predicted molar refractivity (Wildman–Crippen MR) is 96.0 cm³/mol. The Labute approximate surface area is 151 Å². The number of likely N-dealkylation sites (tertiary alicyclic amines) is 1. The zero-order chi connectivity index (χ0) is 18.8. The molecule has 1 aliphatic carbocycles. The summed E-state index contributed by atoms with van der Waals surface area (Å²) in [6.45, 7) is 6.54. The number of carboxylic acid groups (broad SMARTS) is 1. The highest BCUT2D eigenvalue weighted by Crippen LogP contribution is 2.32. The highest BCUT2D eigenvalue weighted by atomic mass is 32.2. The number of nitrogens with zero attached hydrogens (tertiary/aromatic N) is 1. The van der Waals surface area contributed by atoms with Gasteiger partial charge in [0.05, 0.1) is 25.0 Å². The van der Waals surface area contributed by atoms with Crippen LogP contribution >= 0.6 is 0 Å². The quantitative estimate of drug-likeness (QED) is 0.741. The van der Waals surface area contributed by atoms with Gasteiger partial charge in [-0.15, -0.1) is 0 Å². The Hall–Kier alpha value is -0.860. The number of amides is 1. The molecule has 0 unspecified atom stereocenters. The molecule has 1 amide bonds. The van der Waals surface area contributed by atoms with Gasteiger partial charge in [0.25, 0.3) is 0 Å². The summed E-state index contributed by atoms with van der Waals surface area (Å²) < 4.78 is 31.8. The maximum atomic E-state index is 11.6. The Balaban J connectivity index is 1.97. The molecule has 1 heterocycles. The van der Waals surface area contributed by atoms with Gasteiger partial charge in [-0.1, -0.05) is 13.8 Å². The lowest BCUT2D eigenvalue weighted by Gasteiger charge is -2.33. The second-order valence-corrected chi connectivity index (χ2v) is 9.73. The van der Waals surface area contributed by atoms with Gasteiger partial charge in [0.15, 0.2) is 0 Å². The Bertz CT molecular complexity index is 557. The molecule has 25 heavy (non-hydrogen) atoms. The van der Waals surface area contributed by atoms with Crippen molar-refractivity contribution in [1.82, 2.24) is 9.62 Å². The average Bonchev–Trinajstić information content (AvgIpc) is 2.79. The van der Waals surface area contributed by atoms with Crippen molar-refractivity contribution < 1.29 is 23.1 Å². The summed E-state index contributed by atoms with van der Waals surface area (Å²) in [5.41, 5.74) is 0. The lowest BCUT2D eigenvalue weighted by atomic mass is 9.80. The standard InChI is InChI=1S/C17H32N2O5S/c1-11(2)13-5-7-14(8-6-13)24-10-16-15(18-25(4,22)23)9-12(3)19(16)17(20)21/h11-16,18H,5-10H2,1-4H3,(H,20,21)/t12-,13?,14?,15+,16+/m1/s1. The minimum atomic E-state index is -3.40. The summed E-state index contributed by atoms with van der Waals surface area (Å²) in [5, 5.41) is 9.50. The van der Waals surface area contributed by atoms with Crippen LogP contribution in [0.15, 0.2) is 0 Å². The molecule has 1 saturated heterocycles. The maximum Gasteiger partial charge on any atom is 0.407 e. The fourth-order valence-electron chi connectivity index (χ4n) is 4.24. The predicted octanol–water partition coefficient (Wildman–Crippen LogP) is 2.28. The minimum absolute atomic E-state index is 0.139. The van der Waals surface area contributed by atoms with Crippen molar-refractivity contribution in [3.05, 3.63) is 0 Å². The number of hydrogen-bond acceptors (Lipinski definition) is 4. The van der Waals surface area contributed by atoms with Gasteiger partial charge in [0, 0.05) is 12.1 Å². The molecule has 8 heteroatoms. The molecule has 2 aliphatic rings. The molecule has 2 fully saturated rings. The van der Waals surface area contributed by atoms with E-state index >= 15 is 0 Å². The Morgan fingerprint density at radius 3 is 2.36 bits per heavy atom. The topological polar surface area (TPSA) is 95.9 Å². The highest BCUT2D eigenvalue weighted by Gasteiger charge is 2.43. The van der Waals surface area contributed by atoms with Crippen molar-refractivity contribution in [2.75, 3.05) is 12.9 Å². The SMILES string of the molecule is CC(C)C1CCC(OC[C@H]2[C@@H](NS(C)(=O)=O)C[C@@H](C)N2C(=O)O)CC1. The Morgan fingerprint density at radius 2 is 1.88 bits per heavy atom. The van der Waals surface area contributed by atoms with E-state index in [2.05, 4.69) is 18.6 Å². The number of rotatable bonds is 6. The summed E-state index contributed by atoms with van der Waals surface area (Å²) >= 11 is 0.